The standard InChI is InChI=1S/C9H13N3O5S/c1-6-5-17-3-2-12(6)18(15,16)8-7(9(13)14)4-10-11-8/h4,6H,2-3,5H2,1H3,(H,10,11)(H,13,14). The summed E-state index contributed by atoms with van der Waals surface area (Å²) in [6.45, 7) is 2.48. The highest BCUT2D eigenvalue weighted by atomic mass is 32.2. The van der Waals surface area contributed by atoms with Crippen LogP contribution in [0.25, 0.3) is 0 Å². The van der Waals surface area contributed by atoms with Crippen molar-refractivity contribution in [3.05, 3.63) is 11.8 Å². The molecule has 2 heterocycles. The molecule has 1 atom stereocenters. The zero-order valence-corrected chi connectivity index (χ0v) is 10.5. The molecule has 1 aromatic heterocycles. The van der Waals surface area contributed by atoms with Crippen molar-refractivity contribution in [2.75, 3.05) is 19.8 Å². The van der Waals surface area contributed by atoms with Crippen molar-refractivity contribution in [2.45, 2.75) is 18.0 Å². The highest BCUT2D eigenvalue weighted by molar-refractivity contribution is 7.89. The second kappa shape index (κ2) is 4.67. The van der Waals surface area contributed by atoms with Crippen molar-refractivity contribution in [1.29, 1.82) is 0 Å². The lowest BCUT2D eigenvalue weighted by Gasteiger charge is -2.31. The summed E-state index contributed by atoms with van der Waals surface area (Å²) >= 11 is 0. The number of carboxylic acids is 1. The Labute approximate surface area is 104 Å². The van der Waals surface area contributed by atoms with Gasteiger partial charge in [0, 0.05) is 12.6 Å². The van der Waals surface area contributed by atoms with Crippen molar-refractivity contribution >= 4 is 16.0 Å². The highest BCUT2D eigenvalue weighted by Gasteiger charge is 2.35. The molecule has 1 aliphatic heterocycles. The van der Waals surface area contributed by atoms with Crippen LogP contribution in [-0.2, 0) is 14.8 Å². The molecule has 1 saturated heterocycles. The third-order valence-corrected chi connectivity index (χ3v) is 4.70. The van der Waals surface area contributed by atoms with Gasteiger partial charge in [0.25, 0.3) is 10.0 Å². The molecule has 8 nitrogen and oxygen atoms in total. The van der Waals surface area contributed by atoms with Gasteiger partial charge in [0.15, 0.2) is 5.03 Å². The predicted octanol–water partition coefficient (Wildman–Crippen LogP) is -0.483. The van der Waals surface area contributed by atoms with E-state index in [9.17, 15) is 13.2 Å². The summed E-state index contributed by atoms with van der Waals surface area (Å²) in [4.78, 5) is 10.9. The van der Waals surface area contributed by atoms with Gasteiger partial charge in [-0.1, -0.05) is 0 Å². The SMILES string of the molecule is CC1COCCN1S(=O)(=O)c1[nH]ncc1C(=O)O. The number of nitrogens with zero attached hydrogens (tertiary/aromatic N) is 2. The fraction of sp³-hybridized carbons (Fsp3) is 0.556. The van der Waals surface area contributed by atoms with Gasteiger partial charge < -0.3 is 9.84 Å². The van der Waals surface area contributed by atoms with Crippen molar-refractivity contribution in [2.24, 2.45) is 0 Å². The number of nitrogens with one attached hydrogen (secondary N) is 1. The van der Waals surface area contributed by atoms with Gasteiger partial charge in [-0.25, -0.2) is 13.2 Å². The van der Waals surface area contributed by atoms with Gasteiger partial charge in [0.05, 0.1) is 19.4 Å². The lowest BCUT2D eigenvalue weighted by molar-refractivity contribution is 0.0391. The number of morpholine rings is 1. The summed E-state index contributed by atoms with van der Waals surface area (Å²) in [6, 6.07) is -0.339. The molecule has 0 spiro atoms. The topological polar surface area (TPSA) is 113 Å². The Kier molecular flexibility index (Phi) is 3.37. The third kappa shape index (κ3) is 2.11. The minimum atomic E-state index is -3.89. The molecule has 1 aliphatic rings. The maximum Gasteiger partial charge on any atom is 0.340 e. The minimum absolute atomic E-state index is 0.196. The number of H-pyrrole nitrogens is 1. The first kappa shape index (κ1) is 13.0. The van der Waals surface area contributed by atoms with Crippen molar-refractivity contribution < 1.29 is 23.1 Å². The van der Waals surface area contributed by atoms with Gasteiger partial charge in [-0.3, -0.25) is 5.10 Å². The predicted molar refractivity (Wildman–Crippen MR) is 59.7 cm³/mol. The Morgan fingerprint density at radius 3 is 3.00 bits per heavy atom. The third-order valence-electron chi connectivity index (χ3n) is 2.71. The van der Waals surface area contributed by atoms with Crippen LogP contribution in [0.4, 0.5) is 0 Å². The Morgan fingerprint density at radius 1 is 1.67 bits per heavy atom. The van der Waals surface area contributed by atoms with Crippen LogP contribution in [0, 0.1) is 0 Å². The second-order valence-corrected chi connectivity index (χ2v) is 5.79. The summed E-state index contributed by atoms with van der Waals surface area (Å²) in [6.07, 6.45) is 0.986. The zero-order chi connectivity index (χ0) is 13.3. The van der Waals surface area contributed by atoms with Gasteiger partial charge in [0.1, 0.15) is 5.56 Å². The maximum absolute atomic E-state index is 12.3. The average Bonchev–Trinajstić information content (AvgIpc) is 2.78. The van der Waals surface area contributed by atoms with E-state index >= 15 is 0 Å². The first-order valence-corrected chi connectivity index (χ1v) is 6.75. The monoisotopic (exact) mass is 275 g/mol. The van der Waals surface area contributed by atoms with E-state index < -0.39 is 16.0 Å². The normalized spacial score (nSPS) is 21.9. The molecule has 0 amide bonds. The van der Waals surface area contributed by atoms with E-state index in [-0.39, 0.29) is 29.8 Å². The molecular weight excluding hydrogens is 262 g/mol. The summed E-state index contributed by atoms with van der Waals surface area (Å²) in [5, 5.41) is 14.3. The molecule has 0 aromatic carbocycles. The molecule has 18 heavy (non-hydrogen) atoms. The summed E-state index contributed by atoms with van der Waals surface area (Å²) in [5.41, 5.74) is -0.353. The average molecular weight is 275 g/mol. The maximum atomic E-state index is 12.3. The van der Waals surface area contributed by atoms with Crippen LogP contribution in [0.3, 0.4) is 0 Å². The van der Waals surface area contributed by atoms with E-state index in [1.165, 1.54) is 4.31 Å². The molecule has 2 rings (SSSR count). The fourth-order valence-corrected chi connectivity index (χ4v) is 3.48. The van der Waals surface area contributed by atoms with E-state index in [0.717, 1.165) is 6.20 Å². The van der Waals surface area contributed by atoms with Gasteiger partial charge in [-0.05, 0) is 6.92 Å². The Bertz CT molecular complexity index is 552. The molecule has 2 N–H and O–H groups in total. The summed E-state index contributed by atoms with van der Waals surface area (Å²) < 4.78 is 31.0. The number of sulfonamides is 1. The van der Waals surface area contributed by atoms with Crippen molar-refractivity contribution in [3.63, 3.8) is 0 Å². The molecule has 0 aliphatic carbocycles. The summed E-state index contributed by atoms with van der Waals surface area (Å²) in [7, 11) is -3.89. The first-order valence-electron chi connectivity index (χ1n) is 5.31. The van der Waals surface area contributed by atoms with Gasteiger partial charge >= 0.3 is 5.97 Å². The number of rotatable bonds is 3. The van der Waals surface area contributed by atoms with Gasteiger partial charge in [-0.2, -0.15) is 9.40 Å². The lowest BCUT2D eigenvalue weighted by atomic mass is 10.3. The number of hydrogen-bond donors (Lipinski definition) is 2. The molecule has 0 saturated carbocycles. The van der Waals surface area contributed by atoms with Crippen LogP contribution in [0.5, 0.6) is 0 Å². The van der Waals surface area contributed by atoms with Gasteiger partial charge in [0.2, 0.25) is 0 Å². The largest absolute Gasteiger partial charge is 0.478 e. The Morgan fingerprint density at radius 2 is 2.39 bits per heavy atom. The Hall–Kier alpha value is -1.45. The molecule has 0 bridgehead atoms. The molecule has 0 radical (unpaired) electrons. The number of aromatic nitrogens is 2. The molecule has 1 unspecified atom stereocenters. The van der Waals surface area contributed by atoms with Crippen LogP contribution >= 0.6 is 0 Å². The zero-order valence-electron chi connectivity index (χ0n) is 9.66. The van der Waals surface area contributed by atoms with Crippen molar-refractivity contribution in [3.8, 4) is 0 Å². The smallest absolute Gasteiger partial charge is 0.340 e. The van der Waals surface area contributed by atoms with E-state index in [1.54, 1.807) is 6.92 Å². The highest BCUT2D eigenvalue weighted by Crippen LogP contribution is 2.21. The molecule has 1 fully saturated rings. The second-order valence-electron chi connectivity index (χ2n) is 3.96. The molecule has 1 aromatic rings. The van der Waals surface area contributed by atoms with E-state index in [0.29, 0.717) is 6.61 Å². The molecule has 100 valence electrons. The lowest BCUT2D eigenvalue weighted by Crippen LogP contribution is -2.47. The number of carboxylic acid groups (broad SMARTS) is 1. The molecular formula is C9H13N3O5S. The van der Waals surface area contributed by atoms with E-state index in [1.807, 2.05) is 0 Å². The number of aromatic amines is 1. The number of ether oxygens (including phenoxy) is 1. The summed E-state index contributed by atoms with van der Waals surface area (Å²) in [5.74, 6) is -1.33. The van der Waals surface area contributed by atoms with E-state index in [2.05, 4.69) is 10.2 Å². The van der Waals surface area contributed by atoms with Crippen molar-refractivity contribution in [1.82, 2.24) is 14.5 Å². The first-order chi connectivity index (χ1) is 8.44. The van der Waals surface area contributed by atoms with E-state index in [4.69, 9.17) is 9.84 Å². The van der Waals surface area contributed by atoms with Crippen LogP contribution in [0.15, 0.2) is 11.2 Å². The van der Waals surface area contributed by atoms with Crippen LogP contribution < -0.4 is 0 Å². The fourth-order valence-electron chi connectivity index (χ4n) is 1.81. The quantitative estimate of drug-likeness (QED) is 0.770. The van der Waals surface area contributed by atoms with Crippen LogP contribution in [-0.4, -0.2) is 59.8 Å². The molecule has 9 heteroatoms. The Balaban J connectivity index is 2.41. The number of carbonyl (C=O) groups is 1. The van der Waals surface area contributed by atoms with Crippen LogP contribution in [0.1, 0.15) is 17.3 Å². The number of hydrogen-bond acceptors (Lipinski definition) is 5. The number of aromatic carboxylic acids is 1. The minimum Gasteiger partial charge on any atom is -0.478 e. The van der Waals surface area contributed by atoms with Gasteiger partial charge in [-0.15, -0.1) is 0 Å². The van der Waals surface area contributed by atoms with Crippen LogP contribution in [0.2, 0.25) is 0 Å².